The van der Waals surface area contributed by atoms with Crippen molar-refractivity contribution >= 4 is 83.8 Å². The summed E-state index contributed by atoms with van der Waals surface area (Å²) >= 11 is 6.93. The molecule has 6 aromatic rings. The minimum atomic E-state index is 0.139. The van der Waals surface area contributed by atoms with Crippen LogP contribution in [0.5, 0.6) is 0 Å². The monoisotopic (exact) mass is 920 g/mol. The Morgan fingerprint density at radius 2 is 1.13 bits per heavy atom. The van der Waals surface area contributed by atoms with Crippen molar-refractivity contribution in [3.63, 3.8) is 0 Å². The second-order valence-corrected chi connectivity index (χ2v) is 16.2. The lowest BCUT2D eigenvalue weighted by Crippen LogP contribution is -2.09. The first-order chi connectivity index (χ1) is 29.1. The Kier molecular flexibility index (Phi) is 15.7. The molecule has 0 radical (unpaired) electrons. The van der Waals surface area contributed by atoms with Crippen molar-refractivity contribution in [3.8, 4) is 0 Å². The van der Waals surface area contributed by atoms with Crippen LogP contribution in [0.15, 0.2) is 170 Å². The first-order valence-corrected chi connectivity index (χ1v) is 21.0. The Morgan fingerprint density at radius 1 is 0.600 bits per heavy atom. The molecule has 2 heterocycles. The molecule has 0 amide bonds. The van der Waals surface area contributed by atoms with Gasteiger partial charge in [0.1, 0.15) is 17.3 Å². The second kappa shape index (κ2) is 21.7. The van der Waals surface area contributed by atoms with Crippen molar-refractivity contribution in [3.05, 3.63) is 193 Å². The molecule has 0 spiro atoms. The molecule has 2 aliphatic rings. The maximum Gasteiger partial charge on any atom is 0.235 e. The summed E-state index contributed by atoms with van der Waals surface area (Å²) in [5, 5.41) is 0. The highest BCUT2D eigenvalue weighted by Crippen LogP contribution is 2.30. The van der Waals surface area contributed by atoms with E-state index in [9.17, 15) is 19.2 Å². The number of anilines is 1. The molecular weight excluding hydrogens is 880 g/mol. The van der Waals surface area contributed by atoms with Crippen LogP contribution in [0.3, 0.4) is 0 Å². The number of Topliss-reactive ketones (excluding diaryl/α,β-unsaturated/α-hetero) is 3. The summed E-state index contributed by atoms with van der Waals surface area (Å²) in [5.41, 5.74) is 16.6. The Balaban J connectivity index is 0.000000172. The van der Waals surface area contributed by atoms with Gasteiger partial charge in [-0.25, -0.2) is 9.79 Å². The predicted octanol–water partition coefficient (Wildman–Crippen LogP) is 11.0. The van der Waals surface area contributed by atoms with Gasteiger partial charge >= 0.3 is 0 Å². The van der Waals surface area contributed by atoms with Crippen LogP contribution in [-0.2, 0) is 51.4 Å². The van der Waals surface area contributed by atoms with Crippen molar-refractivity contribution < 1.29 is 19.2 Å². The highest BCUT2D eigenvalue weighted by Gasteiger charge is 2.20. The van der Waals surface area contributed by atoms with Gasteiger partial charge in [0.2, 0.25) is 6.08 Å². The zero-order valence-corrected chi connectivity index (χ0v) is 36.0. The van der Waals surface area contributed by atoms with Crippen LogP contribution in [0.4, 0.5) is 17.1 Å². The van der Waals surface area contributed by atoms with Crippen molar-refractivity contribution in [1.82, 2.24) is 0 Å². The van der Waals surface area contributed by atoms with Gasteiger partial charge in [-0.3, -0.25) is 24.4 Å². The topological polar surface area (TPSA) is 131 Å². The number of isocyanates is 1. The fourth-order valence-electron chi connectivity index (χ4n) is 6.77. The minimum Gasteiger partial charge on any atom is -0.399 e. The molecule has 60 heavy (non-hydrogen) atoms. The predicted molar refractivity (Wildman–Crippen MR) is 246 cm³/mol. The van der Waals surface area contributed by atoms with Gasteiger partial charge in [-0.05, 0) is 93.9 Å². The van der Waals surface area contributed by atoms with Crippen LogP contribution >= 0.6 is 31.9 Å². The number of nitrogen functional groups attached to an aromatic ring is 1. The number of carbonyl (C=O) groups is 3. The maximum atomic E-state index is 12.5. The molecule has 0 atom stereocenters. The Labute approximate surface area is 366 Å². The van der Waals surface area contributed by atoms with Crippen molar-refractivity contribution in [2.24, 2.45) is 15.0 Å². The van der Waals surface area contributed by atoms with Gasteiger partial charge in [0.05, 0.1) is 29.3 Å². The first-order valence-electron chi connectivity index (χ1n) is 19.5. The molecule has 8 nitrogen and oxygen atoms in total. The smallest absolute Gasteiger partial charge is 0.235 e. The van der Waals surface area contributed by atoms with Gasteiger partial charge in [-0.15, -0.1) is 0 Å². The zero-order valence-electron chi connectivity index (χ0n) is 32.8. The number of hydrogen-bond donors (Lipinski definition) is 1. The average molecular weight is 923 g/mol. The molecule has 10 heteroatoms. The number of ketones is 3. The summed E-state index contributed by atoms with van der Waals surface area (Å²) in [6.07, 6.45) is 4.56. The number of benzene rings is 6. The van der Waals surface area contributed by atoms with Crippen molar-refractivity contribution in [1.29, 1.82) is 0 Å². The lowest BCUT2D eigenvalue weighted by molar-refractivity contribution is -0.118. The Bertz CT molecular complexity index is 2600. The van der Waals surface area contributed by atoms with Gasteiger partial charge in [0.25, 0.3) is 0 Å². The van der Waals surface area contributed by atoms with E-state index in [-0.39, 0.29) is 17.3 Å². The highest BCUT2D eigenvalue weighted by molar-refractivity contribution is 9.10. The van der Waals surface area contributed by atoms with Crippen LogP contribution in [0.1, 0.15) is 58.2 Å². The van der Waals surface area contributed by atoms with Crippen LogP contribution in [0.25, 0.3) is 0 Å². The van der Waals surface area contributed by atoms with Gasteiger partial charge in [-0.2, -0.15) is 0 Å². The Morgan fingerprint density at radius 3 is 1.68 bits per heavy atom. The third-order valence-electron chi connectivity index (χ3n) is 9.68. The molecule has 0 fully saturated rings. The molecule has 0 saturated carbocycles. The molecule has 0 saturated heterocycles. The van der Waals surface area contributed by atoms with E-state index >= 15 is 0 Å². The van der Waals surface area contributed by atoms with E-state index in [1.807, 2.05) is 146 Å². The van der Waals surface area contributed by atoms with E-state index < -0.39 is 0 Å². The lowest BCUT2D eigenvalue weighted by atomic mass is 9.98. The summed E-state index contributed by atoms with van der Waals surface area (Å²) in [5.74, 6) is 0.505. The molecule has 2 aliphatic heterocycles. The quantitative estimate of drug-likeness (QED) is 0.0876. The van der Waals surface area contributed by atoms with Gasteiger partial charge in [-0.1, -0.05) is 129 Å². The summed E-state index contributed by atoms with van der Waals surface area (Å²) < 4.78 is 1.94. The minimum absolute atomic E-state index is 0.139. The van der Waals surface area contributed by atoms with E-state index in [0.717, 1.165) is 71.5 Å². The first kappa shape index (κ1) is 43.4. The van der Waals surface area contributed by atoms with Gasteiger partial charge in [0, 0.05) is 53.2 Å². The third-order valence-corrected chi connectivity index (χ3v) is 10.7. The van der Waals surface area contributed by atoms with E-state index in [1.54, 1.807) is 0 Å². The van der Waals surface area contributed by atoms with E-state index in [4.69, 9.17) is 10.7 Å². The zero-order chi connectivity index (χ0) is 42.3. The van der Waals surface area contributed by atoms with E-state index in [1.165, 1.54) is 11.6 Å². The second-order valence-electron chi connectivity index (χ2n) is 14.4. The normalized spacial score (nSPS) is 12.9. The fraction of sp³-hybridized carbons (Fsp3) is 0.160. The van der Waals surface area contributed by atoms with Crippen molar-refractivity contribution in [2.45, 2.75) is 51.5 Å². The standard InChI is InChI=1S/C26H22BrNO2.C16H13BrN2O.C8H7NO/c27-22-8-4-7-20(15-22)26-17-24(30)16-21-13-19(10-12-25(21)28-26)14-23(29)11-9-18-5-2-1-3-6-18;17-12-3-1-2-10(6-12)16-9-14(20)8-11-7-13(18)4-5-15(11)19-16;10-7-9-6-8-4-2-1-3-5-8/h1-8,10,12-13,15H,9,11,14,16-17H2;1-7H,8-9,18H2;1-5H,6H2. The number of nitrogens with two attached hydrogens (primary N) is 1. The number of fused-ring (bicyclic) bond motifs is 2. The summed E-state index contributed by atoms with van der Waals surface area (Å²) in [7, 11) is 0. The van der Waals surface area contributed by atoms with Crippen LogP contribution < -0.4 is 5.73 Å². The molecule has 0 aromatic heterocycles. The molecule has 6 aromatic carbocycles. The number of aliphatic imine (C=N–C) groups is 3. The Hall–Kier alpha value is -6.19. The maximum absolute atomic E-state index is 12.5. The number of rotatable bonds is 9. The number of halogens is 2. The SMILES string of the molecule is Nc1ccc2c(c1)CC(=O)CC(c1cccc(Br)c1)=N2.O=C(CCc1ccccc1)Cc1ccc2c(c1)CC(=O)CC(c1cccc(Br)c1)=N2.O=C=NCc1ccccc1. The van der Waals surface area contributed by atoms with Gasteiger partial charge in [0.15, 0.2) is 0 Å². The largest absolute Gasteiger partial charge is 0.399 e. The van der Waals surface area contributed by atoms with Crippen LogP contribution in [0, 0.1) is 0 Å². The molecular formula is C50H42Br2N4O4. The average Bonchev–Trinajstić information content (AvgIpc) is 3.52. The number of aryl methyl sites for hydroxylation is 1. The molecule has 8 rings (SSSR count). The van der Waals surface area contributed by atoms with Crippen LogP contribution in [0.2, 0.25) is 0 Å². The number of carbonyl (C=O) groups excluding carboxylic acids is 4. The summed E-state index contributed by atoms with van der Waals surface area (Å²) in [6.45, 7) is 0.435. The number of nitrogens with zero attached hydrogens (tertiary/aromatic N) is 3. The van der Waals surface area contributed by atoms with Gasteiger partial charge < -0.3 is 5.73 Å². The third kappa shape index (κ3) is 13.2. The molecule has 0 bridgehead atoms. The van der Waals surface area contributed by atoms with Crippen LogP contribution in [-0.4, -0.2) is 34.9 Å². The fourth-order valence-corrected chi connectivity index (χ4v) is 7.57. The van der Waals surface area contributed by atoms with E-state index in [2.05, 4.69) is 41.8 Å². The number of hydrogen-bond acceptors (Lipinski definition) is 8. The lowest BCUT2D eigenvalue weighted by Gasteiger charge is -2.07. The summed E-state index contributed by atoms with van der Waals surface area (Å²) in [4.78, 5) is 59.7. The van der Waals surface area contributed by atoms with Crippen molar-refractivity contribution in [2.75, 3.05) is 5.73 Å². The molecule has 0 unspecified atom stereocenters. The van der Waals surface area contributed by atoms with E-state index in [0.29, 0.717) is 50.8 Å². The summed E-state index contributed by atoms with van der Waals surface area (Å²) in [6, 6.07) is 46.7. The molecule has 0 aliphatic carbocycles. The molecule has 2 N–H and O–H groups in total. The molecule has 300 valence electrons. The highest BCUT2D eigenvalue weighted by atomic mass is 79.9.